The van der Waals surface area contributed by atoms with Crippen LogP contribution < -0.4 is 0 Å². The van der Waals surface area contributed by atoms with Gasteiger partial charge in [0.1, 0.15) is 0 Å². The lowest BCUT2D eigenvalue weighted by Gasteiger charge is -2.07. The van der Waals surface area contributed by atoms with E-state index < -0.39 is 0 Å². The number of rotatable bonds is 102. The Kier molecular flexibility index (Phi) is 271. The summed E-state index contributed by atoms with van der Waals surface area (Å²) in [6.07, 6.45) is 30.7. The topological polar surface area (TPSA) is 286 Å². The maximum atomic E-state index is 5.35. The van der Waals surface area contributed by atoms with Crippen molar-refractivity contribution in [3.8, 4) is 0 Å². The van der Waals surface area contributed by atoms with E-state index in [0.29, 0.717) is 251 Å². The van der Waals surface area contributed by atoms with Gasteiger partial charge < -0.3 is 147 Å². The van der Waals surface area contributed by atoms with Crippen LogP contribution in [-0.4, -0.2) is 410 Å². The molecule has 0 aliphatic heterocycles. The van der Waals surface area contributed by atoms with Gasteiger partial charge in [-0.25, -0.2) is 0 Å². The van der Waals surface area contributed by atoms with Crippen molar-refractivity contribution >= 4 is 0 Å². The lowest BCUT2D eigenvalue weighted by atomic mass is 10.1. The second kappa shape index (κ2) is 223. The van der Waals surface area contributed by atoms with Gasteiger partial charge in [-0.2, -0.15) is 0 Å². The lowest BCUT2D eigenvalue weighted by Crippen LogP contribution is -2.14. The van der Waals surface area contributed by atoms with Crippen molar-refractivity contribution in [2.75, 3.05) is 410 Å². The van der Waals surface area contributed by atoms with Gasteiger partial charge in [0, 0.05) is 132 Å². The van der Waals surface area contributed by atoms with Gasteiger partial charge in [-0.1, -0.05) is 227 Å². The van der Waals surface area contributed by atoms with Crippen molar-refractivity contribution in [2.24, 2.45) is 0 Å². The Morgan fingerprint density at radius 2 is 0.150 bits per heavy atom. The van der Waals surface area contributed by atoms with Gasteiger partial charge in [0.2, 0.25) is 0 Å². The fourth-order valence-corrected chi connectivity index (χ4v) is 9.03. The van der Waals surface area contributed by atoms with E-state index in [0.717, 1.165) is 210 Å². The third kappa shape index (κ3) is 291. The maximum Gasteiger partial charge on any atom is 0.0701 e. The molecule has 0 radical (unpaired) electrons. The van der Waals surface area contributed by atoms with Crippen molar-refractivity contribution in [1.82, 2.24) is 0 Å². The summed E-state index contributed by atoms with van der Waals surface area (Å²) >= 11 is 0. The molecule has 0 aromatic rings. The second-order valence-corrected chi connectivity index (χ2v) is 31.2. The predicted molar refractivity (Wildman–Crippen MR) is 616 cm³/mol. The second-order valence-electron chi connectivity index (χ2n) is 31.2. The summed E-state index contributed by atoms with van der Waals surface area (Å²) in [6.45, 7) is 106. The molecule has 0 atom stereocenters. The van der Waals surface area contributed by atoms with Crippen LogP contribution >= 0.6 is 0 Å². The van der Waals surface area contributed by atoms with Crippen molar-refractivity contribution in [1.29, 1.82) is 0 Å². The van der Waals surface area contributed by atoms with Crippen LogP contribution in [0.15, 0.2) is 0 Å². The molecule has 0 saturated carbocycles. The Morgan fingerprint density at radius 3 is 0.218 bits per heavy atom. The lowest BCUT2D eigenvalue weighted by molar-refractivity contribution is -0.0156. The van der Waals surface area contributed by atoms with E-state index in [1.54, 1.807) is 0 Å². The number of unbranched alkanes of at least 4 members (excludes halogenated alkanes) is 11. The summed E-state index contributed by atoms with van der Waals surface area (Å²) < 4.78 is 161. The average Bonchev–Trinajstić information content (AvgIpc) is 1.11. The van der Waals surface area contributed by atoms with Gasteiger partial charge in [0.05, 0.1) is 277 Å². The Morgan fingerprint density at radius 1 is 0.0680 bits per heavy atom. The Hall–Kier alpha value is -1.24. The van der Waals surface area contributed by atoms with E-state index in [1.165, 1.54) is 103 Å². The summed E-state index contributed by atoms with van der Waals surface area (Å²) in [6, 6.07) is 0. The molecule has 0 spiro atoms. The SMILES string of the molecule is CCC.CCCC.CCCCC.CCCCCC.CCCCCCCC.CCCOCCC.CCCOCCOCCC.CCCOCCOCCOCCC.CCCOCCOCCOCCOCCC.CCOCC.CCOCCOCC.CCOCCOCCOCC.CCOCCOCCOCCOCC.CCOCCOCCOCCOCCOCC.CCOCCOCCOCCOCCOCCOCC. The number of ether oxygens (including phenoxy) is 31. The zero-order valence-corrected chi connectivity index (χ0v) is 103. The zero-order chi connectivity index (χ0) is 113. The highest BCUT2D eigenvalue weighted by Crippen LogP contribution is 2.04. The van der Waals surface area contributed by atoms with Crippen molar-refractivity contribution in [3.05, 3.63) is 0 Å². The highest BCUT2D eigenvalue weighted by Gasteiger charge is 2.00. The van der Waals surface area contributed by atoms with Crippen LogP contribution in [0.4, 0.5) is 0 Å². The summed E-state index contributed by atoms with van der Waals surface area (Å²) in [4.78, 5) is 0. The summed E-state index contributed by atoms with van der Waals surface area (Å²) in [7, 11) is 0. The van der Waals surface area contributed by atoms with Crippen LogP contribution in [0.1, 0.15) is 362 Å². The molecule has 0 heterocycles. The van der Waals surface area contributed by atoms with Crippen LogP contribution in [0, 0.1) is 0 Å². The maximum absolute atomic E-state index is 5.35. The molecule has 0 rings (SSSR count). The summed E-state index contributed by atoms with van der Waals surface area (Å²) in [5.41, 5.74) is 0. The fourth-order valence-electron chi connectivity index (χ4n) is 9.03. The van der Waals surface area contributed by atoms with Crippen molar-refractivity contribution < 1.29 is 147 Å². The molecule has 0 unspecified atom stereocenters. The first-order chi connectivity index (χ1) is 72.2. The minimum absolute atomic E-state index is 0.577. The quantitative estimate of drug-likeness (QED) is 0.0511. The minimum atomic E-state index is 0.577. The Labute approximate surface area is 913 Å². The van der Waals surface area contributed by atoms with Gasteiger partial charge in [-0.3, -0.25) is 0 Å². The Bertz CT molecular complexity index is 1590. The van der Waals surface area contributed by atoms with Crippen LogP contribution in [0.5, 0.6) is 0 Å². The van der Waals surface area contributed by atoms with Gasteiger partial charge in [-0.15, -0.1) is 0 Å². The molecule has 912 valence electrons. The molecule has 0 aromatic heterocycles. The van der Waals surface area contributed by atoms with Crippen molar-refractivity contribution in [2.45, 2.75) is 362 Å². The monoisotopic (exact) mass is 2150 g/mol. The molecule has 0 bridgehead atoms. The van der Waals surface area contributed by atoms with Crippen LogP contribution in [-0.2, 0) is 147 Å². The molecule has 31 heteroatoms. The minimum Gasteiger partial charge on any atom is -0.382 e. The van der Waals surface area contributed by atoms with Gasteiger partial charge in [0.15, 0.2) is 0 Å². The highest BCUT2D eigenvalue weighted by atomic mass is 16.6. The van der Waals surface area contributed by atoms with Gasteiger partial charge in [0.25, 0.3) is 0 Å². The van der Waals surface area contributed by atoms with Crippen LogP contribution in [0.3, 0.4) is 0 Å². The van der Waals surface area contributed by atoms with Gasteiger partial charge in [-0.05, 0) is 134 Å². The first-order valence-electron chi connectivity index (χ1n) is 59.1. The third-order valence-corrected chi connectivity index (χ3v) is 16.7. The highest BCUT2D eigenvalue weighted by molar-refractivity contribution is 4.44. The fraction of sp³-hybridized carbons (Fsp3) is 1.00. The van der Waals surface area contributed by atoms with E-state index in [4.69, 9.17) is 147 Å². The third-order valence-electron chi connectivity index (χ3n) is 16.7. The number of hydrogen-bond acceptors (Lipinski definition) is 31. The zero-order valence-electron chi connectivity index (χ0n) is 103. The van der Waals surface area contributed by atoms with E-state index in [1.807, 2.05) is 83.1 Å². The summed E-state index contributed by atoms with van der Waals surface area (Å²) in [5.74, 6) is 0. The van der Waals surface area contributed by atoms with E-state index in [-0.39, 0.29) is 0 Å². The first kappa shape index (κ1) is 179. The smallest absolute Gasteiger partial charge is 0.0701 e. The van der Waals surface area contributed by atoms with E-state index >= 15 is 0 Å². The van der Waals surface area contributed by atoms with Crippen LogP contribution in [0.2, 0.25) is 0 Å². The Balaban J connectivity index is -0.0000000999. The molecule has 0 saturated heterocycles. The molecule has 0 aliphatic carbocycles. The van der Waals surface area contributed by atoms with Crippen molar-refractivity contribution in [3.63, 3.8) is 0 Å². The molecular weight excluding hydrogens is 1890 g/mol. The molecule has 0 aromatic carbocycles. The largest absolute Gasteiger partial charge is 0.382 e. The summed E-state index contributed by atoms with van der Waals surface area (Å²) in [5, 5.41) is 0. The average molecular weight is 2150 g/mol. The molecule has 0 N–H and O–H groups in total. The van der Waals surface area contributed by atoms with E-state index in [9.17, 15) is 0 Å². The predicted octanol–water partition coefficient (Wildman–Crippen LogP) is 25.3. The van der Waals surface area contributed by atoms with Gasteiger partial charge >= 0.3 is 0 Å². The van der Waals surface area contributed by atoms with Crippen LogP contribution in [0.25, 0.3) is 0 Å². The first-order valence-corrected chi connectivity index (χ1v) is 59.1. The molecular formula is C116H262O31. The normalized spacial score (nSPS) is 10.2. The number of hydrogen-bond donors (Lipinski definition) is 0. The standard InChI is InChI=1S/C14H30O6.C12H26O5.C12H26O4.C10H22O4.C10H22O3.C8H18O3.C8H18O2.C8H18.C6H14O2.C6H14O.C6H14.C5H12.C4H10O.C4H10.C3H8/c1-3-15-5-7-17-9-11-19-13-14-20-12-10-18-8-6-16-4-2;1-3-13-5-7-15-9-11-17-12-10-16-8-6-14-4-2;1-3-5-13-7-9-15-11-12-16-10-8-14-6-4-2;1-3-11-5-7-13-9-10-14-8-6-12-4-2;1-3-5-11-7-9-13-10-8-12-6-4-2;1-3-9-5-7-11-8-6-10-4-2;1-3-5-9-7-8-10-6-4-2;1-3-5-7-8-6-4-2;1-3-7-5-6-8-4-2;1-3-5-7-6-4-2;1-3-5-6-4-2;2*1-3-5-4-2;1-3-4-2;1-3-2/h3-14H2,1-2H3;3-12H2,1-2H3;3-12H2,1-2H3;3-10H2,1-2H3;3-10H2,1-2H3;3-8H2,1-2H3;3-8H2,1-2H3;3-8H2,1-2H3;3-6H2,1-2H3;3-6H2,1-2H3;3-6H2,1-2H3;3-5H2,1-2H3;3-4H2,1-2H3;3-4H2,1-2H3;3H2,1-2H3. The molecule has 147 heavy (non-hydrogen) atoms. The molecule has 0 fully saturated rings. The van der Waals surface area contributed by atoms with E-state index in [2.05, 4.69) is 125 Å². The molecule has 0 amide bonds. The molecule has 31 nitrogen and oxygen atoms in total. The molecule has 0 aliphatic rings.